The summed E-state index contributed by atoms with van der Waals surface area (Å²) in [7, 11) is -3.86. The minimum Gasteiger partial charge on any atom is -0.619 e. The van der Waals surface area contributed by atoms with Crippen molar-refractivity contribution in [2.45, 2.75) is 18.7 Å². The Morgan fingerprint density at radius 2 is 1.67 bits per heavy atom. The van der Waals surface area contributed by atoms with Crippen LogP contribution < -0.4 is 9.45 Å². The molecule has 138 valence electrons. The Bertz CT molecular complexity index is 1110. The van der Waals surface area contributed by atoms with Gasteiger partial charge >= 0.3 is 0 Å². The highest BCUT2D eigenvalue weighted by atomic mass is 32.2. The predicted octanol–water partition coefficient (Wildman–Crippen LogP) is 2.97. The number of hydrogen-bond acceptors (Lipinski definition) is 4. The molecule has 1 heterocycles. The molecule has 0 amide bonds. The van der Waals surface area contributed by atoms with E-state index in [1.165, 1.54) is 30.5 Å². The lowest BCUT2D eigenvalue weighted by Gasteiger charge is -2.14. The fraction of sp³-hybridized carbons (Fsp3) is 0.100. The Hall–Kier alpha value is -3.19. The lowest BCUT2D eigenvalue weighted by atomic mass is 9.98. The molecule has 7 heteroatoms. The molecule has 3 rings (SSSR count). The van der Waals surface area contributed by atoms with E-state index in [-0.39, 0.29) is 21.7 Å². The molecule has 0 bridgehead atoms. The van der Waals surface area contributed by atoms with E-state index in [9.17, 15) is 18.4 Å². The van der Waals surface area contributed by atoms with Gasteiger partial charge < -0.3 is 5.21 Å². The Balaban J connectivity index is 2.08. The van der Waals surface area contributed by atoms with E-state index < -0.39 is 15.8 Å². The number of benzene rings is 2. The number of aryl methyl sites for hydroxylation is 2. The van der Waals surface area contributed by atoms with Crippen molar-refractivity contribution in [3.05, 3.63) is 94.5 Å². The van der Waals surface area contributed by atoms with Gasteiger partial charge in [-0.25, -0.2) is 8.42 Å². The van der Waals surface area contributed by atoms with Gasteiger partial charge in [0, 0.05) is 11.6 Å². The molecule has 0 aliphatic rings. The molecule has 1 aromatic heterocycles. The summed E-state index contributed by atoms with van der Waals surface area (Å²) in [5.74, 6) is -0.436. The van der Waals surface area contributed by atoms with Gasteiger partial charge in [-0.3, -0.25) is 9.52 Å². The molecule has 0 spiro atoms. The molecule has 6 nitrogen and oxygen atoms in total. The van der Waals surface area contributed by atoms with Gasteiger partial charge in [-0.1, -0.05) is 18.2 Å². The molecule has 3 aromatic rings. The molecule has 0 saturated heterocycles. The number of ketones is 1. The first-order valence-corrected chi connectivity index (χ1v) is 9.69. The number of nitrogens with one attached hydrogen (secondary N) is 1. The van der Waals surface area contributed by atoms with E-state index in [0.717, 1.165) is 17.3 Å². The van der Waals surface area contributed by atoms with Crippen LogP contribution in [-0.2, 0) is 10.0 Å². The van der Waals surface area contributed by atoms with Crippen molar-refractivity contribution >= 4 is 21.5 Å². The van der Waals surface area contributed by atoms with Gasteiger partial charge in [0.25, 0.3) is 10.0 Å². The van der Waals surface area contributed by atoms with E-state index in [0.29, 0.717) is 4.73 Å². The third-order valence-electron chi connectivity index (χ3n) is 4.21. The molecule has 0 atom stereocenters. The number of hydrogen-bond donors (Lipinski definition) is 1. The SMILES string of the molecule is Cc1cc(NS(=O)(=O)c2ccccc2)c(C(=O)c2ccc[n+]([O-])c2)cc1C. The van der Waals surface area contributed by atoms with Crippen LogP contribution in [0.3, 0.4) is 0 Å². The molecule has 0 aliphatic carbocycles. The smallest absolute Gasteiger partial charge is 0.261 e. The number of nitrogens with zero attached hydrogens (tertiary/aromatic N) is 1. The first-order valence-electron chi connectivity index (χ1n) is 8.20. The highest BCUT2D eigenvalue weighted by Crippen LogP contribution is 2.26. The Kier molecular flexibility index (Phi) is 4.96. The average molecular weight is 382 g/mol. The van der Waals surface area contributed by atoms with E-state index >= 15 is 0 Å². The number of aromatic nitrogens is 1. The third kappa shape index (κ3) is 3.98. The van der Waals surface area contributed by atoms with Crippen LogP contribution in [-0.4, -0.2) is 14.2 Å². The predicted molar refractivity (Wildman–Crippen MR) is 102 cm³/mol. The minimum absolute atomic E-state index is 0.0961. The molecule has 0 saturated carbocycles. The maximum Gasteiger partial charge on any atom is 0.261 e. The molecule has 0 aliphatic heterocycles. The fourth-order valence-electron chi connectivity index (χ4n) is 2.64. The van der Waals surface area contributed by atoms with E-state index in [1.807, 2.05) is 13.8 Å². The fourth-order valence-corrected chi connectivity index (χ4v) is 3.73. The number of anilines is 1. The summed E-state index contributed by atoms with van der Waals surface area (Å²) in [5.41, 5.74) is 2.21. The number of rotatable bonds is 5. The lowest BCUT2D eigenvalue weighted by molar-refractivity contribution is -0.605. The molecular weight excluding hydrogens is 364 g/mol. The first kappa shape index (κ1) is 18.6. The van der Waals surface area contributed by atoms with Gasteiger partial charge in [0.1, 0.15) is 0 Å². The topological polar surface area (TPSA) is 90.2 Å². The highest BCUT2D eigenvalue weighted by molar-refractivity contribution is 7.92. The van der Waals surface area contributed by atoms with Crippen LogP contribution in [0.1, 0.15) is 27.0 Å². The van der Waals surface area contributed by atoms with E-state index in [1.54, 1.807) is 30.3 Å². The van der Waals surface area contributed by atoms with Crippen molar-refractivity contribution < 1.29 is 17.9 Å². The average Bonchev–Trinajstić information content (AvgIpc) is 2.64. The van der Waals surface area contributed by atoms with E-state index in [2.05, 4.69) is 4.72 Å². The molecular formula is C20H18N2O4S. The summed E-state index contributed by atoms with van der Waals surface area (Å²) >= 11 is 0. The molecule has 0 fully saturated rings. The summed E-state index contributed by atoms with van der Waals surface area (Å²) in [6, 6.07) is 14.1. The first-order chi connectivity index (χ1) is 12.8. The Morgan fingerprint density at radius 3 is 2.33 bits per heavy atom. The largest absolute Gasteiger partial charge is 0.619 e. The van der Waals surface area contributed by atoms with Gasteiger partial charge in [-0.05, 0) is 55.3 Å². The zero-order chi connectivity index (χ0) is 19.6. The van der Waals surface area contributed by atoms with Crippen LogP contribution in [0.4, 0.5) is 5.69 Å². The van der Waals surface area contributed by atoms with Crippen molar-refractivity contribution in [2.75, 3.05) is 4.72 Å². The highest BCUT2D eigenvalue weighted by Gasteiger charge is 2.21. The summed E-state index contributed by atoms with van der Waals surface area (Å²) in [5, 5.41) is 11.5. The summed E-state index contributed by atoms with van der Waals surface area (Å²) in [4.78, 5) is 13.0. The number of carbonyl (C=O) groups excluding carboxylic acids is 1. The lowest BCUT2D eigenvalue weighted by Crippen LogP contribution is -2.26. The molecule has 27 heavy (non-hydrogen) atoms. The molecule has 2 aromatic carbocycles. The van der Waals surface area contributed by atoms with Crippen molar-refractivity contribution in [1.82, 2.24) is 0 Å². The van der Waals surface area contributed by atoms with Crippen LogP contribution in [0.25, 0.3) is 0 Å². The monoisotopic (exact) mass is 382 g/mol. The zero-order valence-corrected chi connectivity index (χ0v) is 15.7. The second kappa shape index (κ2) is 7.20. The summed E-state index contributed by atoms with van der Waals surface area (Å²) in [6.07, 6.45) is 2.43. The maximum atomic E-state index is 12.9. The van der Waals surface area contributed by atoms with Crippen molar-refractivity contribution in [1.29, 1.82) is 0 Å². The van der Waals surface area contributed by atoms with Crippen LogP contribution >= 0.6 is 0 Å². The van der Waals surface area contributed by atoms with Crippen LogP contribution in [0.15, 0.2) is 71.9 Å². The van der Waals surface area contributed by atoms with Crippen LogP contribution in [0.5, 0.6) is 0 Å². The normalized spacial score (nSPS) is 11.2. The second-order valence-corrected chi connectivity index (χ2v) is 7.86. The van der Waals surface area contributed by atoms with Crippen molar-refractivity contribution in [3.63, 3.8) is 0 Å². The number of sulfonamides is 1. The van der Waals surface area contributed by atoms with Crippen molar-refractivity contribution in [3.8, 4) is 0 Å². The van der Waals surface area contributed by atoms with Gasteiger partial charge in [-0.2, -0.15) is 4.73 Å². The minimum atomic E-state index is -3.86. The quantitative estimate of drug-likeness (QED) is 0.417. The summed E-state index contributed by atoms with van der Waals surface area (Å²) in [6.45, 7) is 3.67. The summed E-state index contributed by atoms with van der Waals surface area (Å²) < 4.78 is 28.4. The number of pyridine rings is 1. The Morgan fingerprint density at radius 1 is 1.00 bits per heavy atom. The standard InChI is InChI=1S/C20H18N2O4S/c1-14-11-18(20(23)16-7-6-10-22(24)13-16)19(12-15(14)2)21-27(25,26)17-8-4-3-5-9-17/h3-13,21H,1-2H3. The van der Waals surface area contributed by atoms with Gasteiger partial charge in [0.2, 0.25) is 5.78 Å². The maximum absolute atomic E-state index is 12.9. The molecule has 0 radical (unpaired) electrons. The van der Waals surface area contributed by atoms with Crippen LogP contribution in [0.2, 0.25) is 0 Å². The molecule has 1 N–H and O–H groups in total. The molecule has 0 unspecified atom stereocenters. The zero-order valence-electron chi connectivity index (χ0n) is 14.8. The van der Waals surface area contributed by atoms with Gasteiger partial charge in [0.15, 0.2) is 12.4 Å². The van der Waals surface area contributed by atoms with Gasteiger partial charge in [0.05, 0.1) is 16.1 Å². The number of carbonyl (C=O) groups is 1. The third-order valence-corrected chi connectivity index (χ3v) is 5.60. The van der Waals surface area contributed by atoms with Crippen molar-refractivity contribution in [2.24, 2.45) is 0 Å². The van der Waals surface area contributed by atoms with E-state index in [4.69, 9.17) is 0 Å². The second-order valence-electron chi connectivity index (χ2n) is 6.18. The van der Waals surface area contributed by atoms with Gasteiger partial charge in [-0.15, -0.1) is 0 Å². The Labute approximate surface area is 157 Å². The van der Waals surface area contributed by atoms with Crippen LogP contribution in [0, 0.1) is 19.1 Å².